The van der Waals surface area contributed by atoms with Crippen molar-refractivity contribution in [2.75, 3.05) is 0 Å². The number of hydrogen-bond donors (Lipinski definition) is 1. The van der Waals surface area contributed by atoms with Crippen LogP contribution in [0.3, 0.4) is 0 Å². The molecule has 5 nitrogen and oxygen atoms in total. The molecule has 0 spiro atoms. The molecule has 1 aromatic heterocycles. The number of carbonyl (C=O) groups is 1. The van der Waals surface area contributed by atoms with Gasteiger partial charge >= 0.3 is 29.6 Å². The summed E-state index contributed by atoms with van der Waals surface area (Å²) in [5.74, 6) is -0.608. The van der Waals surface area contributed by atoms with Gasteiger partial charge in [-0.25, -0.2) is 4.98 Å². The Morgan fingerprint density at radius 3 is 2.45 bits per heavy atom. The van der Waals surface area contributed by atoms with Crippen LogP contribution in [-0.2, 0) is 0 Å². The first-order chi connectivity index (χ1) is 4.30. The summed E-state index contributed by atoms with van der Waals surface area (Å²) < 4.78 is 0. The van der Waals surface area contributed by atoms with Gasteiger partial charge in [0.1, 0.15) is 6.20 Å². The van der Waals surface area contributed by atoms with E-state index in [2.05, 4.69) is 16.2 Å². The van der Waals surface area contributed by atoms with Crippen LogP contribution < -0.4 is 35.3 Å². The number of nitrogens with two attached hydrogens (primary N) is 1. The summed E-state index contributed by atoms with van der Waals surface area (Å²) >= 11 is 0. The largest absolute Gasteiger partial charge is 1.00 e. The number of rotatable bonds is 1. The van der Waals surface area contributed by atoms with Crippen LogP contribution in [0.4, 0.5) is 0 Å². The second-order valence-electron chi connectivity index (χ2n) is 1.38. The van der Waals surface area contributed by atoms with E-state index >= 15 is 0 Å². The molecule has 6 heteroatoms. The van der Waals surface area contributed by atoms with Crippen LogP contribution in [0.5, 0.6) is 0 Å². The number of carbonyl (C=O) groups excluding carboxylic acids is 1. The van der Waals surface area contributed by atoms with E-state index in [-0.39, 0.29) is 40.7 Å². The summed E-state index contributed by atoms with van der Waals surface area (Å²) in [4.78, 5) is 17.4. The summed E-state index contributed by atoms with van der Waals surface area (Å²) in [6.07, 6.45) is 5.14. The Labute approximate surface area is 85.6 Å². The topological polar surface area (TPSA) is 98.9 Å². The van der Waals surface area contributed by atoms with Gasteiger partial charge in [-0.15, -0.1) is 0 Å². The Balaban J connectivity index is 0. The van der Waals surface area contributed by atoms with Gasteiger partial charge in [0, 0.05) is 12.4 Å². The van der Waals surface area contributed by atoms with Crippen molar-refractivity contribution in [1.29, 1.82) is 0 Å². The molecule has 0 aromatic carbocycles. The minimum absolute atomic E-state index is 0. The van der Waals surface area contributed by atoms with E-state index in [0.29, 0.717) is 0 Å². The van der Waals surface area contributed by atoms with Crippen molar-refractivity contribution >= 4 is 5.91 Å². The molecule has 0 saturated heterocycles. The molecule has 0 aliphatic carbocycles. The minimum Gasteiger partial charge on any atom is -0.870 e. The third-order valence-electron chi connectivity index (χ3n) is 0.749. The van der Waals surface area contributed by atoms with Gasteiger partial charge in [0.2, 0.25) is 0 Å². The van der Waals surface area contributed by atoms with Crippen molar-refractivity contribution in [1.82, 2.24) is 9.97 Å². The zero-order chi connectivity index (χ0) is 6.69. The molecular formula is C5H5N3NaO2. The Hall–Kier alpha value is -0.490. The van der Waals surface area contributed by atoms with Gasteiger partial charge in [-0.2, -0.15) is 0 Å². The van der Waals surface area contributed by atoms with Crippen molar-refractivity contribution in [2.45, 2.75) is 0 Å². The summed E-state index contributed by atoms with van der Waals surface area (Å²) in [5, 5.41) is 0. The predicted molar refractivity (Wildman–Crippen MR) is 31.3 cm³/mol. The molecule has 11 heavy (non-hydrogen) atoms. The van der Waals surface area contributed by atoms with Crippen molar-refractivity contribution in [3.8, 4) is 0 Å². The molecular weight excluding hydrogens is 157 g/mol. The molecule has 0 saturated carbocycles. The minimum atomic E-state index is -0.608. The zero-order valence-electron chi connectivity index (χ0n) is 5.98. The van der Waals surface area contributed by atoms with Crippen LogP contribution in [0.1, 0.15) is 10.5 Å². The zero-order valence-corrected chi connectivity index (χ0v) is 7.98. The SMILES string of the molecule is NC(=O)c1[c]nccn1.[Na+].[OH-]. The van der Waals surface area contributed by atoms with Gasteiger partial charge in [-0.1, -0.05) is 0 Å². The Morgan fingerprint density at radius 1 is 1.55 bits per heavy atom. The van der Waals surface area contributed by atoms with E-state index in [1.165, 1.54) is 12.4 Å². The van der Waals surface area contributed by atoms with Crippen LogP contribution >= 0.6 is 0 Å². The fourth-order valence-electron chi connectivity index (χ4n) is 0.387. The second-order valence-corrected chi connectivity index (χ2v) is 1.38. The van der Waals surface area contributed by atoms with Crippen molar-refractivity contribution in [3.63, 3.8) is 0 Å². The van der Waals surface area contributed by atoms with Gasteiger partial charge in [0.15, 0.2) is 5.69 Å². The van der Waals surface area contributed by atoms with E-state index in [0.717, 1.165) is 0 Å². The molecule has 0 fully saturated rings. The quantitative estimate of drug-likeness (QED) is 0.428. The number of amides is 1. The smallest absolute Gasteiger partial charge is 0.870 e. The molecule has 0 bridgehead atoms. The summed E-state index contributed by atoms with van der Waals surface area (Å²) in [7, 11) is 0. The molecule has 1 aromatic rings. The van der Waals surface area contributed by atoms with Gasteiger partial charge in [0.25, 0.3) is 5.91 Å². The van der Waals surface area contributed by atoms with Crippen molar-refractivity contribution in [3.05, 3.63) is 24.3 Å². The number of nitrogens with zero attached hydrogens (tertiary/aromatic N) is 2. The fourth-order valence-corrected chi connectivity index (χ4v) is 0.387. The first kappa shape index (κ1) is 13.1. The molecule has 0 aliphatic rings. The van der Waals surface area contributed by atoms with Crippen LogP contribution in [0.25, 0.3) is 0 Å². The maximum Gasteiger partial charge on any atom is 1.00 e. The average Bonchev–Trinajstić information content (AvgIpc) is 1.90. The number of hydrogen-bond acceptors (Lipinski definition) is 4. The van der Waals surface area contributed by atoms with E-state index in [9.17, 15) is 4.79 Å². The van der Waals surface area contributed by atoms with Gasteiger partial charge in [0.05, 0.1) is 0 Å². The molecule has 0 unspecified atom stereocenters. The molecule has 1 amide bonds. The average molecular weight is 162 g/mol. The van der Waals surface area contributed by atoms with Gasteiger partial charge in [-0.05, 0) is 0 Å². The van der Waals surface area contributed by atoms with E-state index in [4.69, 9.17) is 5.73 Å². The third kappa shape index (κ3) is 4.05. The molecule has 1 rings (SSSR count). The summed E-state index contributed by atoms with van der Waals surface area (Å²) in [6, 6.07) is 0. The van der Waals surface area contributed by atoms with Crippen LogP contribution in [-0.4, -0.2) is 21.4 Å². The van der Waals surface area contributed by atoms with Crippen LogP contribution in [0, 0.1) is 6.20 Å². The third-order valence-corrected chi connectivity index (χ3v) is 0.749. The molecule has 3 N–H and O–H groups in total. The standard InChI is InChI=1S/C5H4N3O.Na.H2O/c6-5(9)4-3-7-1-2-8-4;;/h1-2H,(H2,6,9);;1H2/q;+1;/p-1. The van der Waals surface area contributed by atoms with Gasteiger partial charge < -0.3 is 11.2 Å². The first-order valence-electron chi connectivity index (χ1n) is 2.29. The molecule has 1 heterocycles. The Kier molecular flexibility index (Phi) is 7.44. The monoisotopic (exact) mass is 162 g/mol. The normalized spacial score (nSPS) is 7.27. The van der Waals surface area contributed by atoms with E-state index in [1.807, 2.05) is 0 Å². The predicted octanol–water partition coefficient (Wildman–Crippen LogP) is -3.80. The maximum atomic E-state index is 10.3. The molecule has 53 valence electrons. The fraction of sp³-hybridized carbons (Fsp3) is 0. The molecule has 0 aliphatic heterocycles. The maximum absolute atomic E-state index is 10.3. The summed E-state index contributed by atoms with van der Waals surface area (Å²) in [6.45, 7) is 0. The van der Waals surface area contributed by atoms with Gasteiger partial charge in [-0.3, -0.25) is 9.78 Å². The van der Waals surface area contributed by atoms with Crippen LogP contribution in [0.2, 0.25) is 0 Å². The Bertz CT molecular complexity index is 216. The number of aromatic nitrogens is 2. The summed E-state index contributed by atoms with van der Waals surface area (Å²) in [5.41, 5.74) is 4.91. The molecule has 0 atom stereocenters. The number of primary amides is 1. The first-order valence-corrected chi connectivity index (χ1v) is 2.29. The van der Waals surface area contributed by atoms with E-state index in [1.54, 1.807) is 0 Å². The van der Waals surface area contributed by atoms with Crippen molar-refractivity contribution in [2.24, 2.45) is 5.73 Å². The van der Waals surface area contributed by atoms with Crippen LogP contribution in [0.15, 0.2) is 12.4 Å². The molecule has 1 radical (unpaired) electrons. The Morgan fingerprint density at radius 2 is 2.18 bits per heavy atom. The van der Waals surface area contributed by atoms with E-state index < -0.39 is 5.91 Å². The van der Waals surface area contributed by atoms with Crippen molar-refractivity contribution < 1.29 is 39.8 Å². The second kappa shape index (κ2) is 6.23.